The molecule has 0 saturated heterocycles. The predicted molar refractivity (Wildman–Crippen MR) is 120 cm³/mol. The summed E-state index contributed by atoms with van der Waals surface area (Å²) in [7, 11) is 0. The van der Waals surface area contributed by atoms with Crippen molar-refractivity contribution in [1.82, 2.24) is 9.97 Å². The molecule has 0 aliphatic heterocycles. The van der Waals surface area contributed by atoms with Crippen LogP contribution in [0.25, 0.3) is 0 Å². The first-order valence-electron chi connectivity index (χ1n) is 9.13. The van der Waals surface area contributed by atoms with Crippen LogP contribution in [0.1, 0.15) is 11.4 Å². The van der Waals surface area contributed by atoms with Crippen molar-refractivity contribution in [1.29, 1.82) is 0 Å². The van der Waals surface area contributed by atoms with Crippen LogP contribution in [0.2, 0.25) is 0 Å². The third kappa shape index (κ3) is 5.70. The van der Waals surface area contributed by atoms with Gasteiger partial charge in [-0.1, -0.05) is 23.9 Å². The molecule has 4 nitrogen and oxygen atoms in total. The molecule has 0 atom stereocenters. The van der Waals surface area contributed by atoms with Crippen LogP contribution >= 0.6 is 11.8 Å². The maximum atomic E-state index is 4.46. The Morgan fingerprint density at radius 3 is 1.38 bits per heavy atom. The van der Waals surface area contributed by atoms with Crippen LogP contribution in [-0.4, -0.2) is 22.4 Å². The normalized spacial score (nSPS) is 11.3. The zero-order valence-corrected chi connectivity index (χ0v) is 16.4. The molecule has 140 valence electrons. The summed E-state index contributed by atoms with van der Waals surface area (Å²) >= 11 is 1.71. The van der Waals surface area contributed by atoms with Crippen LogP contribution in [0.3, 0.4) is 0 Å². The van der Waals surface area contributed by atoms with E-state index in [1.165, 1.54) is 0 Å². The molecule has 2 aromatic heterocycles. The van der Waals surface area contributed by atoms with Gasteiger partial charge in [0.15, 0.2) is 0 Å². The minimum absolute atomic E-state index is 0.844. The van der Waals surface area contributed by atoms with E-state index in [1.807, 2.05) is 60.7 Å². The fourth-order valence-electron chi connectivity index (χ4n) is 2.52. The molecule has 0 bridgehead atoms. The molecule has 0 aliphatic rings. The summed E-state index contributed by atoms with van der Waals surface area (Å²) in [5, 5.41) is 0. The summed E-state index contributed by atoms with van der Waals surface area (Å²) in [6.45, 7) is 0. The Hall–Kier alpha value is -3.57. The zero-order chi connectivity index (χ0) is 19.7. The van der Waals surface area contributed by atoms with Crippen molar-refractivity contribution in [2.24, 2.45) is 9.98 Å². The number of nitrogens with zero attached hydrogens (tertiary/aromatic N) is 4. The SMILES string of the molecule is C(=Nc1ccc(Sc2ccc(N=Cc3ccccn3)cc2)cc1)c1ccccn1. The van der Waals surface area contributed by atoms with E-state index in [0.717, 1.165) is 32.6 Å². The fraction of sp³-hybridized carbons (Fsp3) is 0. The third-order valence-electron chi connectivity index (χ3n) is 3.98. The van der Waals surface area contributed by atoms with Gasteiger partial charge in [-0.2, -0.15) is 0 Å². The average molecular weight is 395 g/mol. The molecule has 4 rings (SSSR count). The molecule has 0 N–H and O–H groups in total. The van der Waals surface area contributed by atoms with E-state index in [9.17, 15) is 0 Å². The number of hydrogen-bond acceptors (Lipinski definition) is 5. The molecule has 0 aliphatic carbocycles. The Kier molecular flexibility index (Phi) is 6.20. The largest absolute Gasteiger partial charge is 0.255 e. The Morgan fingerprint density at radius 1 is 0.552 bits per heavy atom. The summed E-state index contributed by atoms with van der Waals surface area (Å²) in [5.41, 5.74) is 3.49. The van der Waals surface area contributed by atoms with Crippen LogP contribution in [0.4, 0.5) is 11.4 Å². The van der Waals surface area contributed by atoms with E-state index in [0.29, 0.717) is 0 Å². The molecule has 2 aromatic carbocycles. The molecule has 29 heavy (non-hydrogen) atoms. The van der Waals surface area contributed by atoms with Crippen LogP contribution in [0, 0.1) is 0 Å². The smallest absolute Gasteiger partial charge is 0.0812 e. The van der Waals surface area contributed by atoms with Crippen LogP contribution in [-0.2, 0) is 0 Å². The number of rotatable bonds is 6. The topological polar surface area (TPSA) is 50.5 Å². The summed E-state index contributed by atoms with van der Waals surface area (Å²) < 4.78 is 0. The Balaban J connectivity index is 1.36. The quantitative estimate of drug-likeness (QED) is 0.370. The van der Waals surface area contributed by atoms with E-state index < -0.39 is 0 Å². The van der Waals surface area contributed by atoms with E-state index >= 15 is 0 Å². The van der Waals surface area contributed by atoms with Gasteiger partial charge in [-0.05, 0) is 72.8 Å². The lowest BCUT2D eigenvalue weighted by molar-refractivity contribution is 1.30. The number of pyridine rings is 2. The van der Waals surface area contributed by atoms with Crippen LogP contribution < -0.4 is 0 Å². The number of aliphatic imine (C=N–C) groups is 2. The molecule has 0 spiro atoms. The van der Waals surface area contributed by atoms with Crippen molar-refractivity contribution in [3.8, 4) is 0 Å². The highest BCUT2D eigenvalue weighted by Gasteiger charge is 1.99. The average Bonchev–Trinajstić information content (AvgIpc) is 2.80. The number of aromatic nitrogens is 2. The van der Waals surface area contributed by atoms with Crippen molar-refractivity contribution >= 4 is 35.6 Å². The second-order valence-electron chi connectivity index (χ2n) is 6.12. The third-order valence-corrected chi connectivity index (χ3v) is 4.99. The lowest BCUT2D eigenvalue weighted by Crippen LogP contribution is -1.84. The van der Waals surface area contributed by atoms with Gasteiger partial charge in [-0.25, -0.2) is 0 Å². The van der Waals surface area contributed by atoms with E-state index in [-0.39, 0.29) is 0 Å². The highest BCUT2D eigenvalue weighted by molar-refractivity contribution is 7.99. The molecule has 2 heterocycles. The van der Waals surface area contributed by atoms with E-state index in [4.69, 9.17) is 0 Å². The maximum absolute atomic E-state index is 4.46. The molecule has 0 amide bonds. The first kappa shape index (κ1) is 18.8. The molecule has 0 fully saturated rings. The Bertz CT molecular complexity index is 1000. The number of hydrogen-bond donors (Lipinski definition) is 0. The molecular formula is C24H18N4S. The fourth-order valence-corrected chi connectivity index (χ4v) is 3.34. The van der Waals surface area contributed by atoms with Crippen molar-refractivity contribution in [3.05, 3.63) is 109 Å². The van der Waals surface area contributed by atoms with Crippen LogP contribution in [0.5, 0.6) is 0 Å². The van der Waals surface area contributed by atoms with Gasteiger partial charge in [-0.3, -0.25) is 20.0 Å². The summed E-state index contributed by atoms with van der Waals surface area (Å²) in [6.07, 6.45) is 7.06. The van der Waals surface area contributed by atoms with E-state index in [2.05, 4.69) is 44.2 Å². The van der Waals surface area contributed by atoms with Gasteiger partial charge in [0, 0.05) is 22.2 Å². The Labute approximate surface area is 174 Å². The second-order valence-corrected chi connectivity index (χ2v) is 7.26. The molecule has 5 heteroatoms. The van der Waals surface area contributed by atoms with Gasteiger partial charge in [0.25, 0.3) is 0 Å². The zero-order valence-electron chi connectivity index (χ0n) is 15.6. The van der Waals surface area contributed by atoms with Gasteiger partial charge in [-0.15, -0.1) is 0 Å². The lowest BCUT2D eigenvalue weighted by Gasteiger charge is -2.03. The first-order chi connectivity index (χ1) is 14.3. The van der Waals surface area contributed by atoms with Gasteiger partial charge in [0.2, 0.25) is 0 Å². The first-order valence-corrected chi connectivity index (χ1v) is 9.95. The summed E-state index contributed by atoms with van der Waals surface area (Å²) in [6, 6.07) is 27.9. The minimum Gasteiger partial charge on any atom is -0.255 e. The second kappa shape index (κ2) is 9.57. The standard InChI is InChI=1S/C24H18N4S/c1-3-15-25-21(5-1)17-27-19-7-11-23(12-8-19)29-24-13-9-20(10-14-24)28-18-22-6-2-4-16-26-22/h1-18H. The predicted octanol–water partition coefficient (Wildman–Crippen LogP) is 6.13. The van der Waals surface area contributed by atoms with Gasteiger partial charge >= 0.3 is 0 Å². The molecule has 4 aromatic rings. The summed E-state index contributed by atoms with van der Waals surface area (Å²) in [4.78, 5) is 19.7. The molecule has 0 unspecified atom stereocenters. The minimum atomic E-state index is 0.844. The maximum Gasteiger partial charge on any atom is 0.0812 e. The molecule has 0 radical (unpaired) electrons. The van der Waals surface area contributed by atoms with Crippen molar-refractivity contribution < 1.29 is 0 Å². The Morgan fingerprint density at radius 2 is 1.00 bits per heavy atom. The van der Waals surface area contributed by atoms with E-state index in [1.54, 1.807) is 36.6 Å². The van der Waals surface area contributed by atoms with Crippen molar-refractivity contribution in [2.75, 3.05) is 0 Å². The van der Waals surface area contributed by atoms with Crippen molar-refractivity contribution in [3.63, 3.8) is 0 Å². The van der Waals surface area contributed by atoms with Gasteiger partial charge in [0.1, 0.15) is 0 Å². The highest BCUT2D eigenvalue weighted by Crippen LogP contribution is 2.30. The lowest BCUT2D eigenvalue weighted by atomic mass is 10.3. The number of benzene rings is 2. The van der Waals surface area contributed by atoms with Gasteiger partial charge < -0.3 is 0 Å². The monoisotopic (exact) mass is 394 g/mol. The highest BCUT2D eigenvalue weighted by atomic mass is 32.2. The molecular weight excluding hydrogens is 376 g/mol. The molecule has 0 saturated carbocycles. The van der Waals surface area contributed by atoms with Gasteiger partial charge in [0.05, 0.1) is 35.2 Å². The summed E-state index contributed by atoms with van der Waals surface area (Å²) in [5.74, 6) is 0. The van der Waals surface area contributed by atoms with Crippen molar-refractivity contribution in [2.45, 2.75) is 9.79 Å². The van der Waals surface area contributed by atoms with Crippen LogP contribution in [0.15, 0.2) is 117 Å².